The van der Waals surface area contributed by atoms with Gasteiger partial charge in [-0.2, -0.15) is 19.8 Å². The van der Waals surface area contributed by atoms with E-state index in [2.05, 4.69) is 55.4 Å². The van der Waals surface area contributed by atoms with Gasteiger partial charge in [-0.1, -0.05) is 67.2 Å². The molecule has 12 saturated carbocycles. The second-order valence-corrected chi connectivity index (χ2v) is 28.9. The van der Waals surface area contributed by atoms with Crippen molar-refractivity contribution >= 4 is 11.6 Å². The van der Waals surface area contributed by atoms with Gasteiger partial charge in [0.25, 0.3) is 0 Å². The molecule has 0 spiro atoms. The maximum Gasteiger partial charge on any atom is 0.139 e. The van der Waals surface area contributed by atoms with E-state index in [1.165, 1.54) is 103 Å². The zero-order valence-corrected chi connectivity index (χ0v) is 47.3. The Labute approximate surface area is 430 Å². The van der Waals surface area contributed by atoms with Gasteiger partial charge in [0.05, 0.1) is 11.7 Å². The summed E-state index contributed by atoms with van der Waals surface area (Å²) in [5.74, 6) is 14.3. The Hall–Kier alpha value is 0.364. The monoisotopic (exact) mass is 985 g/mol. The number of Topliss-reactive ketones (excluding diaryl/α,β-unsaturated/α-hetero) is 2. The van der Waals surface area contributed by atoms with Crippen molar-refractivity contribution < 1.29 is 52.1 Å². The van der Waals surface area contributed by atoms with Crippen LogP contribution in [-0.2, 0) is 47.0 Å². The standard InChI is InChI=1S/C21H35.2C20H32O2.Y/c1-14-9-11-21(4)16(13-14)6-7-17-18-8-5-15(2)20(18,3)12-10-19(17)21;1-19-10-8-14(21)12-13(19)4-5-15-16-6-7-18(22-3)20(16,2)11-9-17(15)19;1-18(22)10-11-19(2)13(12-18)4-5-14-15-6-7-17(21)20(15,3)9-8-16(14)19;/h15-19H,5-13H2,1-4H3;13,15-18H,4-12H2,1-3H3;13-16,22H,4-12H2,1-3H3;/q-1;;;/t15-,16-,17-,18-,19-,20+,21-;13-,15-,16-,17-,18-,19-,20-;13-,14-,15-,16-,18+,19-,20-;/m111./s1. The summed E-state index contributed by atoms with van der Waals surface area (Å²) >= 11 is 0. The number of aliphatic hydroxyl groups is 1. The summed E-state index contributed by atoms with van der Waals surface area (Å²) < 4.78 is 5.86. The van der Waals surface area contributed by atoms with E-state index in [1.807, 2.05) is 14.0 Å². The third kappa shape index (κ3) is 8.12. The zero-order chi connectivity index (χ0) is 46.1. The summed E-state index contributed by atoms with van der Waals surface area (Å²) in [5, 5.41) is 10.5. The van der Waals surface area contributed by atoms with Gasteiger partial charge < -0.3 is 15.8 Å². The first kappa shape index (κ1) is 51.3. The van der Waals surface area contributed by atoms with Gasteiger partial charge in [0, 0.05) is 64.5 Å². The fourth-order valence-electron chi connectivity index (χ4n) is 22.1. The summed E-state index contributed by atoms with van der Waals surface area (Å²) in [5.41, 5.74) is 2.23. The van der Waals surface area contributed by atoms with Gasteiger partial charge in [0.2, 0.25) is 0 Å². The number of rotatable bonds is 1. The smallest absolute Gasteiger partial charge is 0.139 e. The fraction of sp³-hybridized carbons (Fsp3) is 0.951. The van der Waals surface area contributed by atoms with Crippen molar-refractivity contribution in [2.24, 2.45) is 109 Å². The first-order valence-corrected chi connectivity index (χ1v) is 28.8. The van der Waals surface area contributed by atoms with Crippen molar-refractivity contribution in [2.75, 3.05) is 7.11 Å². The van der Waals surface area contributed by atoms with E-state index in [1.54, 1.807) is 25.2 Å². The largest absolute Gasteiger partial charge is 0.390 e. The topological polar surface area (TPSA) is 63.6 Å². The van der Waals surface area contributed by atoms with Gasteiger partial charge in [0.1, 0.15) is 11.6 Å². The molecule has 0 aromatic heterocycles. The third-order valence-electron chi connectivity index (χ3n) is 26.6. The number of ether oxygens (including phenoxy) is 1. The van der Waals surface area contributed by atoms with Crippen molar-refractivity contribution in [3.05, 3.63) is 5.92 Å². The number of carbonyl (C=O) groups is 2. The maximum absolute atomic E-state index is 12.4. The van der Waals surface area contributed by atoms with E-state index in [9.17, 15) is 14.7 Å². The van der Waals surface area contributed by atoms with E-state index >= 15 is 0 Å². The molecule has 0 heterocycles. The van der Waals surface area contributed by atoms with Crippen LogP contribution in [0.15, 0.2) is 0 Å². The normalized spacial score (nSPS) is 55.7. The van der Waals surface area contributed by atoms with Crippen molar-refractivity contribution in [3.8, 4) is 0 Å². The van der Waals surface area contributed by atoms with Gasteiger partial charge >= 0.3 is 0 Å². The summed E-state index contributed by atoms with van der Waals surface area (Å²) in [7, 11) is 1.91. The molecule has 12 rings (SSSR count). The van der Waals surface area contributed by atoms with Crippen LogP contribution in [0.3, 0.4) is 0 Å². The predicted molar refractivity (Wildman–Crippen MR) is 265 cm³/mol. The molecule has 0 aliphatic heterocycles. The molecule has 12 aliphatic carbocycles. The van der Waals surface area contributed by atoms with Crippen molar-refractivity contribution in [3.63, 3.8) is 0 Å². The fourth-order valence-corrected chi connectivity index (χ4v) is 22.1. The van der Waals surface area contributed by atoms with Crippen LogP contribution in [0.25, 0.3) is 0 Å². The zero-order valence-electron chi connectivity index (χ0n) is 44.4. The Bertz CT molecular complexity index is 1790. The summed E-state index contributed by atoms with van der Waals surface area (Å²) in [4.78, 5) is 24.3. The number of fused-ring (bicyclic) bond motifs is 15. The molecule has 21 atom stereocenters. The van der Waals surface area contributed by atoms with E-state index in [0.717, 1.165) is 111 Å². The van der Waals surface area contributed by atoms with Crippen LogP contribution >= 0.6 is 0 Å². The first-order valence-electron chi connectivity index (χ1n) is 28.8. The molecule has 0 amide bonds. The van der Waals surface area contributed by atoms with Crippen molar-refractivity contribution in [2.45, 2.75) is 247 Å². The molecule has 4 nitrogen and oxygen atoms in total. The Morgan fingerprint density at radius 2 is 1.08 bits per heavy atom. The van der Waals surface area contributed by atoms with Gasteiger partial charge in [-0.15, -0.1) is 0 Å². The molecule has 5 heteroatoms. The second-order valence-electron chi connectivity index (χ2n) is 28.9. The minimum Gasteiger partial charge on any atom is -0.390 e. The molecule has 0 saturated heterocycles. The van der Waals surface area contributed by atoms with Gasteiger partial charge in [-0.05, 0) is 233 Å². The molecule has 0 unspecified atom stereocenters. The van der Waals surface area contributed by atoms with Crippen LogP contribution in [0.4, 0.5) is 0 Å². The predicted octanol–water partition coefficient (Wildman–Crippen LogP) is 15.2. The summed E-state index contributed by atoms with van der Waals surface area (Å²) in [6.07, 6.45) is 35.1. The van der Waals surface area contributed by atoms with Crippen LogP contribution in [0, 0.1) is 115 Å². The molecule has 12 fully saturated rings. The Morgan fingerprint density at radius 3 is 1.76 bits per heavy atom. The molecule has 12 aliphatic rings. The first-order chi connectivity index (χ1) is 30.7. The average Bonchev–Trinajstić information content (AvgIpc) is 3.90. The molecule has 0 aromatic carbocycles. The van der Waals surface area contributed by atoms with E-state index in [0.29, 0.717) is 62.5 Å². The molecule has 1 N–H and O–H groups in total. The Balaban J connectivity index is 0.000000124. The van der Waals surface area contributed by atoms with Gasteiger partial charge in [-0.25, -0.2) is 0 Å². The number of methoxy groups -OCH3 is 1. The minimum atomic E-state index is -0.441. The molecular weight excluding hydrogens is 886 g/mol. The molecule has 371 valence electrons. The second kappa shape index (κ2) is 18.4. The van der Waals surface area contributed by atoms with Crippen LogP contribution < -0.4 is 0 Å². The van der Waals surface area contributed by atoms with Gasteiger partial charge in [-0.3, -0.25) is 9.59 Å². The van der Waals surface area contributed by atoms with Crippen LogP contribution in [-0.4, -0.2) is 35.5 Å². The number of hydrogen-bond donors (Lipinski definition) is 1. The maximum atomic E-state index is 12.4. The molecule has 66 heavy (non-hydrogen) atoms. The average molecular weight is 985 g/mol. The number of hydrogen-bond acceptors (Lipinski definition) is 4. The summed E-state index contributed by atoms with van der Waals surface area (Å²) in [6, 6.07) is 0. The third-order valence-corrected chi connectivity index (χ3v) is 26.6. The van der Waals surface area contributed by atoms with Crippen molar-refractivity contribution in [1.82, 2.24) is 0 Å². The van der Waals surface area contributed by atoms with E-state index in [-0.39, 0.29) is 38.1 Å². The molecule has 0 bridgehead atoms. The van der Waals surface area contributed by atoms with Crippen LogP contribution in [0.5, 0.6) is 0 Å². The minimum absolute atomic E-state index is 0. The van der Waals surface area contributed by atoms with Crippen molar-refractivity contribution in [1.29, 1.82) is 0 Å². The van der Waals surface area contributed by atoms with Crippen LogP contribution in [0.1, 0.15) is 236 Å². The number of carbonyl (C=O) groups excluding carboxylic acids is 2. The molecule has 1 radical (unpaired) electrons. The SMILES string of the molecule is CO[C@@H]1CC[C@@H]2[C@H]3CC[C@@H]4CC(=O)CC[C@@]4(C)[C@@H]3CC[C@]21C.C[C-]1CC[C@]2(C)[C@H](CC[C@@H]3[C@H]4CC[C@@H](C)[C@]4(C)CC[C@H]32)C1.C[C@]1(O)CC[C@]2(C)[C@H](CC[C@H]3[C@H]2CC[C@@]2(C)C(=O)CC[C@H]32)C1.[Y]. The quantitative estimate of drug-likeness (QED) is 0.266. The number of ketones is 2. The molecule has 0 aromatic rings. The van der Waals surface area contributed by atoms with Gasteiger partial charge in [0.15, 0.2) is 0 Å². The summed E-state index contributed by atoms with van der Waals surface area (Å²) in [6.45, 7) is 22.2. The van der Waals surface area contributed by atoms with Crippen LogP contribution in [0.2, 0.25) is 0 Å². The Morgan fingerprint density at radius 1 is 0.530 bits per heavy atom. The van der Waals surface area contributed by atoms with E-state index in [4.69, 9.17) is 4.74 Å². The van der Waals surface area contributed by atoms with E-state index < -0.39 is 5.60 Å². The Kier molecular flexibility index (Phi) is 14.3. The molecular formula is C61H99O4Y-.